The van der Waals surface area contributed by atoms with Crippen LogP contribution in [0, 0.1) is 0 Å². The van der Waals surface area contributed by atoms with Gasteiger partial charge in [0.05, 0.1) is 26.1 Å². The third-order valence-electron chi connectivity index (χ3n) is 3.94. The Balaban J connectivity index is 1.57. The van der Waals surface area contributed by atoms with Crippen LogP contribution in [0.3, 0.4) is 0 Å². The zero-order valence-corrected chi connectivity index (χ0v) is 14.9. The molecule has 2 aromatic rings. The largest absolute Gasteiger partial charge is 0.497 e. The molecule has 134 valence electrons. The summed E-state index contributed by atoms with van der Waals surface area (Å²) in [7, 11) is 1.63. The molecule has 1 aliphatic heterocycles. The number of hydrogen-bond donors (Lipinski definition) is 1. The number of benzene rings is 1. The molecule has 0 saturated carbocycles. The van der Waals surface area contributed by atoms with Crippen molar-refractivity contribution in [2.24, 2.45) is 0 Å². The third kappa shape index (κ3) is 4.43. The minimum Gasteiger partial charge on any atom is -0.497 e. The van der Waals surface area contributed by atoms with Crippen LogP contribution in [0.5, 0.6) is 5.75 Å². The molecule has 1 saturated heterocycles. The van der Waals surface area contributed by atoms with Crippen molar-refractivity contribution in [1.82, 2.24) is 19.8 Å². The molecule has 3 rings (SSSR count). The van der Waals surface area contributed by atoms with Crippen molar-refractivity contribution in [3.8, 4) is 5.75 Å². The van der Waals surface area contributed by atoms with Gasteiger partial charge in [0.1, 0.15) is 5.75 Å². The lowest BCUT2D eigenvalue weighted by atomic mass is 10.1. The smallest absolute Gasteiger partial charge is 0.233 e. The highest BCUT2D eigenvalue weighted by Crippen LogP contribution is 2.18. The predicted molar refractivity (Wildman–Crippen MR) is 94.1 cm³/mol. The SMILES string of the molecule is COc1ccc(Cc2nnc(SCC(=O)N3CCOCC3)n2N)cc1. The van der Waals surface area contributed by atoms with Crippen LogP contribution in [0.1, 0.15) is 11.4 Å². The number of ether oxygens (including phenoxy) is 2. The Morgan fingerprint density at radius 1 is 1.28 bits per heavy atom. The number of aromatic nitrogens is 3. The molecule has 1 fully saturated rings. The Kier molecular flexibility index (Phi) is 5.77. The molecule has 0 spiro atoms. The van der Waals surface area contributed by atoms with Crippen LogP contribution >= 0.6 is 11.8 Å². The highest BCUT2D eigenvalue weighted by atomic mass is 32.2. The summed E-state index contributed by atoms with van der Waals surface area (Å²) in [6.07, 6.45) is 0.561. The molecule has 2 heterocycles. The van der Waals surface area contributed by atoms with Gasteiger partial charge in [0.2, 0.25) is 11.1 Å². The maximum atomic E-state index is 12.2. The standard InChI is InChI=1S/C16H21N5O3S/c1-23-13-4-2-12(3-5-13)10-14-18-19-16(21(14)17)25-11-15(22)20-6-8-24-9-7-20/h2-5H,6-11,17H2,1H3. The molecule has 0 radical (unpaired) electrons. The summed E-state index contributed by atoms with van der Waals surface area (Å²) in [6, 6.07) is 7.71. The van der Waals surface area contributed by atoms with E-state index in [1.807, 2.05) is 24.3 Å². The van der Waals surface area contributed by atoms with Gasteiger partial charge in [0.15, 0.2) is 5.82 Å². The van der Waals surface area contributed by atoms with Gasteiger partial charge in [-0.05, 0) is 17.7 Å². The summed E-state index contributed by atoms with van der Waals surface area (Å²) in [5, 5.41) is 8.76. The Morgan fingerprint density at radius 2 is 2.00 bits per heavy atom. The zero-order valence-electron chi connectivity index (χ0n) is 14.1. The summed E-state index contributed by atoms with van der Waals surface area (Å²) in [5.74, 6) is 7.87. The molecular formula is C16H21N5O3S. The van der Waals surface area contributed by atoms with E-state index >= 15 is 0 Å². The maximum Gasteiger partial charge on any atom is 0.233 e. The first-order chi connectivity index (χ1) is 12.2. The normalized spacial score (nSPS) is 14.5. The predicted octanol–water partition coefficient (Wildman–Crippen LogP) is 0.542. The van der Waals surface area contributed by atoms with E-state index in [2.05, 4.69) is 10.2 Å². The second-order valence-corrected chi connectivity index (χ2v) is 6.52. The highest BCUT2D eigenvalue weighted by molar-refractivity contribution is 7.99. The van der Waals surface area contributed by atoms with E-state index in [0.717, 1.165) is 11.3 Å². The van der Waals surface area contributed by atoms with Crippen LogP contribution in [0.4, 0.5) is 0 Å². The molecular weight excluding hydrogens is 342 g/mol. The van der Waals surface area contributed by atoms with Gasteiger partial charge in [-0.2, -0.15) is 0 Å². The average Bonchev–Trinajstić information content (AvgIpc) is 3.01. The van der Waals surface area contributed by atoms with Gasteiger partial charge in [-0.15, -0.1) is 10.2 Å². The lowest BCUT2D eigenvalue weighted by Crippen LogP contribution is -2.41. The van der Waals surface area contributed by atoms with E-state index < -0.39 is 0 Å². The minimum atomic E-state index is 0.0630. The first kappa shape index (κ1) is 17.6. The number of amides is 1. The number of carbonyl (C=O) groups excluding carboxylic acids is 1. The molecule has 0 atom stereocenters. The van der Waals surface area contributed by atoms with Gasteiger partial charge in [0, 0.05) is 19.5 Å². The van der Waals surface area contributed by atoms with Gasteiger partial charge in [-0.1, -0.05) is 23.9 Å². The van der Waals surface area contributed by atoms with E-state index in [4.69, 9.17) is 15.3 Å². The second-order valence-electron chi connectivity index (χ2n) is 5.58. The number of rotatable bonds is 6. The number of carbonyl (C=O) groups is 1. The van der Waals surface area contributed by atoms with Gasteiger partial charge < -0.3 is 20.2 Å². The van der Waals surface area contributed by atoms with Crippen LogP contribution in [0.25, 0.3) is 0 Å². The van der Waals surface area contributed by atoms with E-state index in [1.54, 1.807) is 12.0 Å². The molecule has 25 heavy (non-hydrogen) atoms. The van der Waals surface area contributed by atoms with Gasteiger partial charge in [0.25, 0.3) is 0 Å². The molecule has 9 heteroatoms. The fourth-order valence-corrected chi connectivity index (χ4v) is 3.26. The number of nitrogens with two attached hydrogens (primary N) is 1. The van der Waals surface area contributed by atoms with Gasteiger partial charge in [-0.25, -0.2) is 4.68 Å². The Labute approximate surface area is 150 Å². The van der Waals surface area contributed by atoms with E-state index in [1.165, 1.54) is 16.4 Å². The summed E-state index contributed by atoms with van der Waals surface area (Å²) < 4.78 is 11.8. The molecule has 1 amide bonds. The van der Waals surface area contributed by atoms with Gasteiger partial charge in [-0.3, -0.25) is 4.79 Å². The number of hydrogen-bond acceptors (Lipinski definition) is 7. The van der Waals surface area contributed by atoms with Crippen LogP contribution in [0.15, 0.2) is 29.4 Å². The number of nitrogen functional groups attached to an aromatic ring is 1. The molecule has 8 nitrogen and oxygen atoms in total. The van der Waals surface area contributed by atoms with Crippen LogP contribution < -0.4 is 10.6 Å². The third-order valence-corrected chi connectivity index (χ3v) is 4.87. The zero-order chi connectivity index (χ0) is 17.6. The quantitative estimate of drug-likeness (QED) is 0.591. The lowest BCUT2D eigenvalue weighted by molar-refractivity contribution is -0.132. The van der Waals surface area contributed by atoms with Crippen LogP contribution in [-0.2, 0) is 16.0 Å². The molecule has 0 unspecified atom stereocenters. The summed E-state index contributed by atoms with van der Waals surface area (Å²) in [6.45, 7) is 2.46. The summed E-state index contributed by atoms with van der Waals surface area (Å²) in [5.41, 5.74) is 1.06. The minimum absolute atomic E-state index is 0.0630. The van der Waals surface area contributed by atoms with Crippen molar-refractivity contribution in [2.75, 3.05) is 45.0 Å². The summed E-state index contributed by atoms with van der Waals surface area (Å²) in [4.78, 5) is 14.0. The maximum absolute atomic E-state index is 12.2. The van der Waals surface area contributed by atoms with Gasteiger partial charge >= 0.3 is 0 Å². The number of morpholine rings is 1. The van der Waals surface area contributed by atoms with E-state index in [-0.39, 0.29) is 11.7 Å². The molecule has 1 aromatic heterocycles. The Morgan fingerprint density at radius 3 is 2.68 bits per heavy atom. The topological polar surface area (TPSA) is 95.5 Å². The van der Waals surface area contributed by atoms with Crippen molar-refractivity contribution >= 4 is 17.7 Å². The van der Waals surface area contributed by atoms with Crippen molar-refractivity contribution in [3.63, 3.8) is 0 Å². The Bertz CT molecular complexity index is 713. The monoisotopic (exact) mass is 363 g/mol. The molecule has 2 N–H and O–H groups in total. The molecule has 0 aliphatic carbocycles. The average molecular weight is 363 g/mol. The van der Waals surface area contributed by atoms with Crippen molar-refractivity contribution < 1.29 is 14.3 Å². The number of thioether (sulfide) groups is 1. The molecule has 0 bridgehead atoms. The van der Waals surface area contributed by atoms with Crippen LogP contribution in [0.2, 0.25) is 0 Å². The van der Waals surface area contributed by atoms with Crippen molar-refractivity contribution in [3.05, 3.63) is 35.7 Å². The number of methoxy groups -OCH3 is 1. The first-order valence-electron chi connectivity index (χ1n) is 7.98. The number of nitrogens with zero attached hydrogens (tertiary/aromatic N) is 4. The fourth-order valence-electron chi connectivity index (χ4n) is 2.48. The molecule has 1 aliphatic rings. The van der Waals surface area contributed by atoms with Crippen LogP contribution in [-0.4, -0.2) is 64.8 Å². The summed E-state index contributed by atoms with van der Waals surface area (Å²) >= 11 is 1.30. The first-order valence-corrected chi connectivity index (χ1v) is 8.96. The lowest BCUT2D eigenvalue weighted by Gasteiger charge is -2.26. The fraction of sp³-hybridized carbons (Fsp3) is 0.438. The highest BCUT2D eigenvalue weighted by Gasteiger charge is 2.19. The second kappa shape index (κ2) is 8.21. The van der Waals surface area contributed by atoms with Crippen molar-refractivity contribution in [1.29, 1.82) is 0 Å². The molecule has 1 aromatic carbocycles. The van der Waals surface area contributed by atoms with E-state index in [0.29, 0.717) is 43.7 Å². The Hall–Kier alpha value is -2.26. The van der Waals surface area contributed by atoms with E-state index in [9.17, 15) is 4.79 Å². The van der Waals surface area contributed by atoms with Crippen molar-refractivity contribution in [2.45, 2.75) is 11.6 Å².